The van der Waals surface area contributed by atoms with E-state index < -0.39 is 63.2 Å². The van der Waals surface area contributed by atoms with Crippen molar-refractivity contribution in [2.75, 3.05) is 26.9 Å². The summed E-state index contributed by atoms with van der Waals surface area (Å²) in [5.74, 6) is -3.47. The van der Waals surface area contributed by atoms with Crippen molar-refractivity contribution in [2.24, 2.45) is 11.8 Å². The van der Waals surface area contributed by atoms with Crippen molar-refractivity contribution in [1.82, 2.24) is 40.4 Å². The van der Waals surface area contributed by atoms with E-state index in [0.717, 1.165) is 44.1 Å². The van der Waals surface area contributed by atoms with Gasteiger partial charge in [-0.25, -0.2) is 28.3 Å². The van der Waals surface area contributed by atoms with E-state index in [1.807, 2.05) is 67.3 Å². The van der Waals surface area contributed by atoms with Gasteiger partial charge in [0.15, 0.2) is 0 Å². The third-order valence-corrected chi connectivity index (χ3v) is 14.3. The second kappa shape index (κ2) is 16.3. The van der Waals surface area contributed by atoms with E-state index in [-0.39, 0.29) is 29.6 Å². The number of fused-ring (bicyclic) bond motifs is 3. The van der Waals surface area contributed by atoms with Crippen molar-refractivity contribution in [3.8, 4) is 22.4 Å². The zero-order valence-electron chi connectivity index (χ0n) is 35.1. The summed E-state index contributed by atoms with van der Waals surface area (Å²) in [4.78, 5) is 70.8. The van der Waals surface area contributed by atoms with Gasteiger partial charge in [-0.1, -0.05) is 83.3 Å². The number of carbonyl (C=O) groups is 4. The minimum absolute atomic E-state index is 0.136. The van der Waals surface area contributed by atoms with Gasteiger partial charge in [-0.15, -0.1) is 0 Å². The highest BCUT2D eigenvalue weighted by atomic mass is 28.3. The molecule has 2 unspecified atom stereocenters. The maximum absolute atomic E-state index is 15.0. The van der Waals surface area contributed by atoms with Crippen LogP contribution in [-0.2, 0) is 19.1 Å². The number of imidazole rings is 2. The fourth-order valence-corrected chi connectivity index (χ4v) is 11.3. The van der Waals surface area contributed by atoms with Gasteiger partial charge in [0.25, 0.3) is 5.92 Å². The number of H-pyrrole nitrogens is 2. The number of rotatable bonds is 10. The minimum atomic E-state index is -3.14. The van der Waals surface area contributed by atoms with Gasteiger partial charge < -0.3 is 39.9 Å². The molecule has 2 aliphatic rings. The number of ether oxygens (including phenoxy) is 2. The van der Waals surface area contributed by atoms with Gasteiger partial charge in [-0.3, -0.25) is 9.59 Å². The molecule has 0 saturated carbocycles. The highest BCUT2D eigenvalue weighted by Crippen LogP contribution is 2.42. The first-order chi connectivity index (χ1) is 28.4. The van der Waals surface area contributed by atoms with Crippen molar-refractivity contribution in [3.05, 3.63) is 72.4 Å². The van der Waals surface area contributed by atoms with Crippen LogP contribution in [0, 0.1) is 11.8 Å². The van der Waals surface area contributed by atoms with Crippen molar-refractivity contribution in [2.45, 2.75) is 83.3 Å². The average Bonchev–Trinajstić information content (AvgIpc) is 4.01. The Kier molecular flexibility index (Phi) is 11.5. The highest BCUT2D eigenvalue weighted by molar-refractivity contribution is 6.78. The molecule has 14 nitrogen and oxygen atoms in total. The molecular formula is C43H52F2N8O6Si. The molecule has 0 spiro atoms. The standard InChI is InChI=1S/C43H52F2N8O6Si/c1-23(2)34(50-41(56)58-5)39(54)52-21-43(44,45)18-32(52)38-47-30-16-14-28-17-27(13-15-29(28)36(30)49-38)25-9-11-26(12-10-25)31-19-46-37(48-31)33-20-60(7,8)22-53(33)40(55)35(24(3)4)51-42(57)59-6/h9-17,19,23-24,32-35H,18,20-22H2,1-8H3,(H,46,48)(H,47,49)(H,50,56)(H,51,57)/t32-,33?,34?,35-/m0/s1. The molecule has 2 aliphatic heterocycles. The lowest BCUT2D eigenvalue weighted by Crippen LogP contribution is -2.52. The predicted octanol–water partition coefficient (Wildman–Crippen LogP) is 7.57. The average molecular weight is 843 g/mol. The van der Waals surface area contributed by atoms with Gasteiger partial charge in [-0.2, -0.15) is 0 Å². The Balaban J connectivity index is 1.11. The molecule has 2 aromatic heterocycles. The molecule has 2 saturated heterocycles. The number of aromatic nitrogens is 4. The normalized spacial score (nSPS) is 19.5. The summed E-state index contributed by atoms with van der Waals surface area (Å²) in [5.41, 5.74) is 4.94. The molecule has 0 aliphatic carbocycles. The number of benzene rings is 3. The van der Waals surface area contributed by atoms with Gasteiger partial charge in [0.05, 0.1) is 63.8 Å². The first kappa shape index (κ1) is 42.3. The first-order valence-electron chi connectivity index (χ1n) is 20.1. The topological polar surface area (TPSA) is 175 Å². The maximum Gasteiger partial charge on any atom is 0.407 e. The Labute approximate surface area is 347 Å². The SMILES string of the molecule is COC(=O)NC(C(=O)N1CC(F)(F)C[C@H]1c1nc2c(ccc3cc(-c4ccc(-c5cnc(C6C[Si](C)(C)CN6C(=O)[C@@H](NC(=O)OC)C(C)C)[nH]5)cc4)ccc32)[nH]1)C(C)C. The van der Waals surface area contributed by atoms with Crippen LogP contribution in [0.3, 0.4) is 0 Å². The molecule has 17 heteroatoms. The number of hydrogen-bond acceptors (Lipinski definition) is 8. The van der Waals surface area contributed by atoms with Crippen molar-refractivity contribution < 1.29 is 37.4 Å². The molecule has 5 aromatic rings. The number of halogens is 2. The maximum atomic E-state index is 15.0. The third kappa shape index (κ3) is 8.44. The Hall–Kier alpha value is -5.84. The summed E-state index contributed by atoms with van der Waals surface area (Å²) in [5, 5.41) is 6.94. The summed E-state index contributed by atoms with van der Waals surface area (Å²) in [7, 11) is 0.678. The molecular weight excluding hydrogens is 791 g/mol. The number of nitrogens with zero attached hydrogens (tertiary/aromatic N) is 4. The second-order valence-corrected chi connectivity index (χ2v) is 22.4. The van der Waals surface area contributed by atoms with E-state index in [9.17, 15) is 28.0 Å². The van der Waals surface area contributed by atoms with Crippen LogP contribution in [0.15, 0.2) is 60.8 Å². The van der Waals surface area contributed by atoms with Crippen molar-refractivity contribution >= 4 is 53.9 Å². The summed E-state index contributed by atoms with van der Waals surface area (Å²) < 4.78 is 39.4. The molecule has 4 atom stereocenters. The quantitative estimate of drug-likeness (QED) is 0.104. The van der Waals surface area contributed by atoms with Crippen LogP contribution in [0.1, 0.15) is 57.8 Å². The predicted molar refractivity (Wildman–Crippen MR) is 226 cm³/mol. The second-order valence-electron chi connectivity index (χ2n) is 17.4. The minimum Gasteiger partial charge on any atom is -0.453 e. The van der Waals surface area contributed by atoms with Crippen LogP contribution in [0.5, 0.6) is 0 Å². The van der Waals surface area contributed by atoms with E-state index >= 15 is 0 Å². The lowest BCUT2D eigenvalue weighted by atomic mass is 9.99. The van der Waals surface area contributed by atoms with Gasteiger partial charge in [-0.05, 0) is 52.1 Å². The Morgan fingerprint density at radius 1 is 0.800 bits per heavy atom. The van der Waals surface area contributed by atoms with E-state index in [4.69, 9.17) is 14.7 Å². The summed E-state index contributed by atoms with van der Waals surface area (Å²) in [6.45, 7) is 11.0. The fourth-order valence-electron chi connectivity index (χ4n) is 8.45. The molecule has 4 heterocycles. The van der Waals surface area contributed by atoms with Gasteiger partial charge in [0, 0.05) is 18.0 Å². The summed E-state index contributed by atoms with van der Waals surface area (Å²) in [6, 6.07) is 15.7. The zero-order chi connectivity index (χ0) is 43.3. The number of nitrogens with one attached hydrogen (secondary N) is 4. The molecule has 7 rings (SSSR count). The molecule has 318 valence electrons. The van der Waals surface area contributed by atoms with Crippen LogP contribution in [0.2, 0.25) is 19.1 Å². The number of alkyl carbamates (subject to hydrolysis) is 2. The monoisotopic (exact) mass is 842 g/mol. The van der Waals surface area contributed by atoms with Crippen molar-refractivity contribution in [3.63, 3.8) is 0 Å². The van der Waals surface area contributed by atoms with Crippen LogP contribution < -0.4 is 10.6 Å². The van der Waals surface area contributed by atoms with Crippen molar-refractivity contribution in [1.29, 1.82) is 0 Å². The highest BCUT2D eigenvalue weighted by Gasteiger charge is 2.50. The number of amides is 4. The number of carbonyl (C=O) groups excluding carboxylic acids is 4. The number of hydrogen-bond donors (Lipinski definition) is 4. The van der Waals surface area contributed by atoms with Gasteiger partial charge >= 0.3 is 12.2 Å². The Morgan fingerprint density at radius 2 is 1.40 bits per heavy atom. The summed E-state index contributed by atoms with van der Waals surface area (Å²) in [6.07, 6.45) is 0.380. The van der Waals surface area contributed by atoms with E-state index in [1.54, 1.807) is 20.0 Å². The smallest absolute Gasteiger partial charge is 0.407 e. The van der Waals surface area contributed by atoms with Gasteiger partial charge in [0.2, 0.25) is 11.8 Å². The van der Waals surface area contributed by atoms with Crippen LogP contribution >= 0.6 is 0 Å². The summed E-state index contributed by atoms with van der Waals surface area (Å²) >= 11 is 0. The molecule has 4 N–H and O–H groups in total. The molecule has 2 fully saturated rings. The Bertz CT molecular complexity index is 2430. The fraction of sp³-hybridized carbons (Fsp3) is 0.442. The zero-order valence-corrected chi connectivity index (χ0v) is 36.1. The van der Waals surface area contributed by atoms with Gasteiger partial charge in [0.1, 0.15) is 23.7 Å². The van der Waals surface area contributed by atoms with E-state index in [2.05, 4.69) is 44.5 Å². The van der Waals surface area contributed by atoms with Crippen LogP contribution in [0.25, 0.3) is 44.2 Å². The first-order valence-corrected chi connectivity index (χ1v) is 23.6. The van der Waals surface area contributed by atoms with E-state index in [1.165, 1.54) is 14.2 Å². The van der Waals surface area contributed by atoms with E-state index in [0.29, 0.717) is 23.0 Å². The number of aromatic amines is 2. The molecule has 0 bridgehead atoms. The van der Waals surface area contributed by atoms with Crippen LogP contribution in [-0.4, -0.2) is 107 Å². The number of alkyl halides is 2. The molecule has 60 heavy (non-hydrogen) atoms. The Morgan fingerprint density at radius 3 is 2.02 bits per heavy atom. The molecule has 0 radical (unpaired) electrons. The lowest BCUT2D eigenvalue weighted by molar-refractivity contribution is -0.137. The third-order valence-electron chi connectivity index (χ3n) is 11.6. The lowest BCUT2D eigenvalue weighted by Gasteiger charge is -2.30. The molecule has 3 aromatic carbocycles. The molecule has 4 amide bonds. The largest absolute Gasteiger partial charge is 0.453 e. The number of likely N-dealkylation sites (tertiary alicyclic amines) is 1. The van der Waals surface area contributed by atoms with Crippen LogP contribution in [0.4, 0.5) is 18.4 Å². The number of methoxy groups -OCH3 is 2.